The van der Waals surface area contributed by atoms with Gasteiger partial charge < -0.3 is 9.88 Å². The van der Waals surface area contributed by atoms with Gasteiger partial charge in [0.25, 0.3) is 0 Å². The zero-order valence-corrected chi connectivity index (χ0v) is 19.0. The molecule has 0 radical (unpaired) electrons. The summed E-state index contributed by atoms with van der Waals surface area (Å²) in [7, 11) is 0. The van der Waals surface area contributed by atoms with Crippen molar-refractivity contribution in [3.63, 3.8) is 0 Å². The Balaban J connectivity index is 1.42. The molecule has 1 aliphatic rings. The summed E-state index contributed by atoms with van der Waals surface area (Å²) < 4.78 is 3.70. The molecule has 1 saturated carbocycles. The van der Waals surface area contributed by atoms with Gasteiger partial charge >= 0.3 is 4.87 Å². The van der Waals surface area contributed by atoms with Crippen LogP contribution in [0.2, 0.25) is 0 Å². The van der Waals surface area contributed by atoms with E-state index in [-0.39, 0.29) is 10.8 Å². The van der Waals surface area contributed by atoms with Crippen LogP contribution in [-0.2, 0) is 24.3 Å². The Morgan fingerprint density at radius 2 is 2.00 bits per heavy atom. The van der Waals surface area contributed by atoms with Crippen molar-refractivity contribution in [1.29, 1.82) is 0 Å². The van der Waals surface area contributed by atoms with E-state index in [9.17, 15) is 9.59 Å². The molecule has 31 heavy (non-hydrogen) atoms. The molecule has 7 nitrogen and oxygen atoms in total. The van der Waals surface area contributed by atoms with Gasteiger partial charge in [0.05, 0.1) is 12.3 Å². The molecule has 164 valence electrons. The van der Waals surface area contributed by atoms with Gasteiger partial charge in [-0.25, -0.2) is 0 Å². The van der Waals surface area contributed by atoms with Crippen LogP contribution in [0.3, 0.4) is 0 Å². The van der Waals surface area contributed by atoms with E-state index in [1.807, 2.05) is 18.2 Å². The predicted molar refractivity (Wildman–Crippen MR) is 124 cm³/mol. The lowest BCUT2D eigenvalue weighted by atomic mass is 10.1. The first-order chi connectivity index (χ1) is 15.2. The van der Waals surface area contributed by atoms with Gasteiger partial charge in [0.15, 0.2) is 11.0 Å². The van der Waals surface area contributed by atoms with Crippen LogP contribution < -0.4 is 10.2 Å². The third-order valence-corrected chi connectivity index (χ3v) is 7.15. The fourth-order valence-corrected chi connectivity index (χ4v) is 5.26. The smallest absolute Gasteiger partial charge is 0.307 e. The number of amides is 1. The maximum absolute atomic E-state index is 12.4. The van der Waals surface area contributed by atoms with Crippen LogP contribution in [0.5, 0.6) is 0 Å². The van der Waals surface area contributed by atoms with Crippen LogP contribution in [0.1, 0.15) is 43.5 Å². The van der Waals surface area contributed by atoms with Crippen molar-refractivity contribution in [2.45, 2.75) is 62.8 Å². The fraction of sp³-hybridized carbons (Fsp3) is 0.455. The van der Waals surface area contributed by atoms with Crippen LogP contribution in [-0.4, -0.2) is 37.0 Å². The van der Waals surface area contributed by atoms with E-state index >= 15 is 0 Å². The maximum Gasteiger partial charge on any atom is 0.307 e. The van der Waals surface area contributed by atoms with Gasteiger partial charge in [0, 0.05) is 24.2 Å². The highest BCUT2D eigenvalue weighted by atomic mass is 32.2. The molecule has 0 aliphatic heterocycles. The molecule has 0 unspecified atom stereocenters. The molecule has 2 aromatic heterocycles. The van der Waals surface area contributed by atoms with Gasteiger partial charge in [-0.15, -0.1) is 10.2 Å². The number of hydrogen-bond donors (Lipinski definition) is 1. The Morgan fingerprint density at radius 1 is 1.19 bits per heavy atom. The summed E-state index contributed by atoms with van der Waals surface area (Å²) in [5.41, 5.74) is 1.29. The van der Waals surface area contributed by atoms with E-state index in [1.165, 1.54) is 41.5 Å². The van der Waals surface area contributed by atoms with Gasteiger partial charge in [-0.2, -0.15) is 0 Å². The molecular weight excluding hydrogens is 430 g/mol. The van der Waals surface area contributed by atoms with Crippen molar-refractivity contribution in [3.8, 4) is 0 Å². The van der Waals surface area contributed by atoms with Gasteiger partial charge in [-0.3, -0.25) is 14.2 Å². The van der Waals surface area contributed by atoms with Crippen LogP contribution in [0.4, 0.5) is 0 Å². The zero-order valence-electron chi connectivity index (χ0n) is 17.4. The van der Waals surface area contributed by atoms with Gasteiger partial charge in [0.2, 0.25) is 5.91 Å². The number of nitrogens with zero attached hydrogens (tertiary/aromatic N) is 4. The molecule has 1 aliphatic carbocycles. The summed E-state index contributed by atoms with van der Waals surface area (Å²) in [5.74, 6) is 1.12. The number of thioether (sulfide) groups is 1. The highest BCUT2D eigenvalue weighted by molar-refractivity contribution is 7.99. The number of thiazole rings is 1. The van der Waals surface area contributed by atoms with E-state index < -0.39 is 0 Å². The zero-order chi connectivity index (χ0) is 21.5. The second-order valence-corrected chi connectivity index (χ2v) is 9.57. The SMILES string of the molecule is O=C(CSc1nnc(Cn2ccsc2=O)n1CCCc1ccccc1)NC1CCCC1. The van der Waals surface area contributed by atoms with Crippen molar-refractivity contribution in [1.82, 2.24) is 24.6 Å². The van der Waals surface area contributed by atoms with Gasteiger partial charge in [0.1, 0.15) is 0 Å². The molecule has 1 aromatic carbocycles. The molecule has 1 N–H and O–H groups in total. The summed E-state index contributed by atoms with van der Waals surface area (Å²) in [4.78, 5) is 24.3. The Morgan fingerprint density at radius 3 is 2.74 bits per heavy atom. The largest absolute Gasteiger partial charge is 0.353 e. The number of nitrogens with one attached hydrogen (secondary N) is 1. The van der Waals surface area contributed by atoms with E-state index in [1.54, 1.807) is 16.1 Å². The van der Waals surface area contributed by atoms with E-state index in [0.717, 1.165) is 43.2 Å². The third kappa shape index (κ3) is 6.07. The highest BCUT2D eigenvalue weighted by Crippen LogP contribution is 2.21. The number of aromatic nitrogens is 4. The monoisotopic (exact) mass is 457 g/mol. The van der Waals surface area contributed by atoms with Crippen LogP contribution >= 0.6 is 23.1 Å². The summed E-state index contributed by atoms with van der Waals surface area (Å²) in [6, 6.07) is 10.7. The third-order valence-electron chi connectivity index (χ3n) is 5.49. The molecule has 3 aromatic rings. The molecule has 0 bridgehead atoms. The van der Waals surface area contributed by atoms with Crippen molar-refractivity contribution >= 4 is 29.0 Å². The van der Waals surface area contributed by atoms with Gasteiger partial charge in [-0.05, 0) is 31.2 Å². The lowest BCUT2D eigenvalue weighted by molar-refractivity contribution is -0.119. The van der Waals surface area contributed by atoms with Crippen LogP contribution in [0.25, 0.3) is 0 Å². The number of aryl methyl sites for hydroxylation is 1. The normalized spacial score (nSPS) is 14.2. The first-order valence-corrected chi connectivity index (χ1v) is 12.6. The first kappa shape index (κ1) is 21.8. The molecule has 9 heteroatoms. The summed E-state index contributed by atoms with van der Waals surface area (Å²) in [6.45, 7) is 1.12. The standard InChI is InChI=1S/C22H27N5O2S2/c28-20(23-18-10-4-5-11-18)16-31-21-25-24-19(15-26-13-14-30-22(26)29)27(21)12-6-9-17-7-2-1-3-8-17/h1-3,7-8,13-14,18H,4-6,9-12,15-16H2,(H,23,28). The minimum absolute atomic E-state index is 0.0102. The second-order valence-electron chi connectivity index (χ2n) is 7.77. The Kier molecular flexibility index (Phi) is 7.58. The van der Waals surface area contributed by atoms with Crippen molar-refractivity contribution < 1.29 is 4.79 Å². The van der Waals surface area contributed by atoms with Crippen LogP contribution in [0, 0.1) is 0 Å². The second kappa shape index (κ2) is 10.8. The molecule has 1 amide bonds. The quantitative estimate of drug-likeness (QED) is 0.472. The Labute approximate surface area is 189 Å². The number of hydrogen-bond acceptors (Lipinski definition) is 6. The summed E-state index contributed by atoms with van der Waals surface area (Å²) in [6.07, 6.45) is 8.19. The molecule has 0 saturated heterocycles. The van der Waals surface area contributed by atoms with Gasteiger partial charge in [-0.1, -0.05) is 66.3 Å². The number of rotatable bonds is 10. The highest BCUT2D eigenvalue weighted by Gasteiger charge is 2.19. The molecule has 1 fully saturated rings. The topological polar surface area (TPSA) is 81.8 Å². The molecule has 0 spiro atoms. The number of benzene rings is 1. The maximum atomic E-state index is 12.4. The summed E-state index contributed by atoms with van der Waals surface area (Å²) in [5, 5.41) is 14.3. The number of carbonyl (C=O) groups is 1. The average molecular weight is 458 g/mol. The molecule has 0 atom stereocenters. The summed E-state index contributed by atoms with van der Waals surface area (Å²) >= 11 is 2.59. The van der Waals surface area contributed by atoms with Crippen LogP contribution in [0.15, 0.2) is 51.9 Å². The minimum atomic E-state index is -0.0102. The molecule has 2 heterocycles. The van der Waals surface area contributed by atoms with E-state index in [4.69, 9.17) is 0 Å². The fourth-order valence-electron chi connectivity index (χ4n) is 3.88. The Hall–Kier alpha value is -2.39. The van der Waals surface area contributed by atoms with E-state index in [0.29, 0.717) is 18.3 Å². The molecular formula is C22H27N5O2S2. The Bertz CT molecular complexity index is 1040. The minimum Gasteiger partial charge on any atom is -0.353 e. The molecule has 4 rings (SSSR count). The lowest BCUT2D eigenvalue weighted by Gasteiger charge is -2.13. The first-order valence-electron chi connectivity index (χ1n) is 10.7. The van der Waals surface area contributed by atoms with Crippen molar-refractivity contribution in [2.24, 2.45) is 0 Å². The van der Waals surface area contributed by atoms with Crippen molar-refractivity contribution in [2.75, 3.05) is 5.75 Å². The van der Waals surface area contributed by atoms with E-state index in [2.05, 4.69) is 32.2 Å². The van der Waals surface area contributed by atoms with Crippen molar-refractivity contribution in [3.05, 3.63) is 63.0 Å². The average Bonchev–Trinajstić information content (AvgIpc) is 3.51. The lowest BCUT2D eigenvalue weighted by Crippen LogP contribution is -2.33. The number of carbonyl (C=O) groups excluding carboxylic acids is 1. The predicted octanol–water partition coefficient (Wildman–Crippen LogP) is 3.33.